The number of allylic oxidation sites excluding steroid dienone is 1. The predicted molar refractivity (Wildman–Crippen MR) is 94.8 cm³/mol. The number of carboxylic acids is 1. The summed E-state index contributed by atoms with van der Waals surface area (Å²) < 4.78 is -0.803. The third-order valence-corrected chi connectivity index (χ3v) is 4.31. The summed E-state index contributed by atoms with van der Waals surface area (Å²) >= 11 is 7.55. The number of thioether (sulfide) groups is 2. The normalized spacial score (nSPS) is 10.7. The zero-order valence-corrected chi connectivity index (χ0v) is 14.4. The molecule has 0 aromatic rings. The molecule has 0 unspecified atom stereocenters. The van der Waals surface area contributed by atoms with Crippen molar-refractivity contribution < 1.29 is 20.0 Å². The summed E-state index contributed by atoms with van der Waals surface area (Å²) in [6, 6.07) is 0. The van der Waals surface area contributed by atoms with Gasteiger partial charge in [0.15, 0.2) is 0 Å². The first-order chi connectivity index (χ1) is 8.52. The van der Waals surface area contributed by atoms with Gasteiger partial charge in [0, 0.05) is 4.75 Å². The molecule has 0 bridgehead atoms. The number of carbonyl (C=O) groups is 1. The van der Waals surface area contributed by atoms with E-state index in [1.54, 1.807) is 19.9 Å². The molecule has 0 aliphatic rings. The molecule has 0 fully saturated rings. The van der Waals surface area contributed by atoms with Crippen molar-refractivity contribution >= 4 is 45.2 Å². The van der Waals surface area contributed by atoms with Gasteiger partial charge in [-0.25, -0.2) is 4.89 Å². The molecule has 0 aliphatic heterocycles. The molecule has 0 amide bonds. The van der Waals surface area contributed by atoms with Gasteiger partial charge < -0.3 is 5.11 Å². The highest BCUT2D eigenvalue weighted by atomic mass is 32.2. The van der Waals surface area contributed by atoms with Gasteiger partial charge in [0.25, 0.3) is 0 Å². The Bertz CT molecular complexity index is 315. The van der Waals surface area contributed by atoms with Crippen LogP contribution < -0.4 is 0 Å². The van der Waals surface area contributed by atoms with Gasteiger partial charge in [-0.2, -0.15) is 0 Å². The first kappa shape index (κ1) is 24.9. The van der Waals surface area contributed by atoms with E-state index in [1.165, 1.54) is 11.8 Å². The zero-order chi connectivity index (χ0) is 15.7. The number of thiocarbonyl (C=S) groups is 1. The first-order valence-corrected chi connectivity index (χ1v) is 7.55. The minimum Gasteiger partial charge on any atom is -0.480 e. The van der Waals surface area contributed by atoms with Crippen LogP contribution in [0.1, 0.15) is 42.0 Å². The Morgan fingerprint density at radius 1 is 1.35 bits per heavy atom. The van der Waals surface area contributed by atoms with E-state index in [2.05, 4.69) is 11.5 Å². The molecule has 0 heterocycles. The average molecular weight is 343 g/mol. The third-order valence-electron chi connectivity index (χ3n) is 1.63. The summed E-state index contributed by atoms with van der Waals surface area (Å²) in [5.74, 6) is -0.906. The molecule has 0 saturated heterocycles. The largest absolute Gasteiger partial charge is 0.480 e. The maximum atomic E-state index is 10.9. The lowest BCUT2D eigenvalue weighted by Gasteiger charge is -2.24. The Kier molecular flexibility index (Phi) is 14.4. The minimum absolute atomic E-state index is 0. The lowest BCUT2D eigenvalue weighted by molar-refractivity contribution is -0.245. The van der Waals surface area contributed by atoms with E-state index in [1.807, 2.05) is 20.8 Å². The van der Waals surface area contributed by atoms with Crippen molar-refractivity contribution in [1.82, 2.24) is 0 Å². The van der Waals surface area contributed by atoms with E-state index in [0.29, 0.717) is 3.53 Å². The molecule has 0 radical (unpaired) electrons. The van der Waals surface area contributed by atoms with Gasteiger partial charge in [-0.15, -0.1) is 6.58 Å². The second-order valence-corrected chi connectivity index (χ2v) is 9.25. The van der Waals surface area contributed by atoms with E-state index in [9.17, 15) is 4.79 Å². The molecule has 2 N–H and O–H groups in total. The lowest BCUT2D eigenvalue weighted by Crippen LogP contribution is -2.29. The van der Waals surface area contributed by atoms with E-state index in [0.717, 1.165) is 11.8 Å². The van der Waals surface area contributed by atoms with E-state index >= 15 is 0 Å². The molecular weight excluding hydrogens is 316 g/mol. The number of hydrogen-bond acceptors (Lipinski definition) is 6. The van der Waals surface area contributed by atoms with Gasteiger partial charge in [-0.1, -0.05) is 49.2 Å². The maximum Gasteiger partial charge on any atom is 0.319 e. The van der Waals surface area contributed by atoms with Crippen molar-refractivity contribution in [2.24, 2.45) is 0 Å². The van der Waals surface area contributed by atoms with E-state index in [4.69, 9.17) is 22.6 Å². The smallest absolute Gasteiger partial charge is 0.319 e. The van der Waals surface area contributed by atoms with Crippen molar-refractivity contribution in [2.75, 3.05) is 6.61 Å². The Balaban J connectivity index is -0.000000657. The van der Waals surface area contributed by atoms with Crippen molar-refractivity contribution in [3.8, 4) is 0 Å². The monoisotopic (exact) mass is 342 g/mol. The summed E-state index contributed by atoms with van der Waals surface area (Å²) in [6.45, 7) is 12.3. The van der Waals surface area contributed by atoms with E-state index in [-0.39, 0.29) is 18.8 Å². The minimum atomic E-state index is -0.944. The Hall–Kier alpha value is -0.0800. The lowest BCUT2D eigenvalue weighted by atomic mass is 10.2. The predicted octanol–water partition coefficient (Wildman–Crippen LogP) is 4.70. The van der Waals surface area contributed by atoms with Crippen LogP contribution in [0.2, 0.25) is 0 Å². The SMILES string of the molecule is C.C=CC.CC(C)(COO)SC(=S)SC(C)(C)C(=O)O. The van der Waals surface area contributed by atoms with Crippen molar-refractivity contribution in [1.29, 1.82) is 0 Å². The van der Waals surface area contributed by atoms with Gasteiger partial charge in [0.05, 0.1) is 6.61 Å². The van der Waals surface area contributed by atoms with E-state index < -0.39 is 10.7 Å². The molecule has 0 spiro atoms. The summed E-state index contributed by atoms with van der Waals surface area (Å²) in [5.41, 5.74) is 0. The quantitative estimate of drug-likeness (QED) is 0.325. The molecule has 0 saturated carbocycles. The molecule has 0 aromatic heterocycles. The number of rotatable bonds is 5. The topological polar surface area (TPSA) is 66.8 Å². The van der Waals surface area contributed by atoms with Crippen LogP contribution in [-0.2, 0) is 9.68 Å². The van der Waals surface area contributed by atoms with Crippen LogP contribution >= 0.6 is 35.7 Å². The molecular formula is C13H26O4S3. The van der Waals surface area contributed by atoms with Gasteiger partial charge in [-0.05, 0) is 34.6 Å². The number of carboxylic acid groups (broad SMARTS) is 1. The molecule has 20 heavy (non-hydrogen) atoms. The molecule has 0 atom stereocenters. The van der Waals surface area contributed by atoms with Crippen LogP contribution in [0.3, 0.4) is 0 Å². The molecule has 0 rings (SSSR count). The fourth-order valence-corrected chi connectivity index (χ4v) is 4.52. The summed E-state index contributed by atoms with van der Waals surface area (Å²) in [6.07, 6.45) is 1.75. The van der Waals surface area contributed by atoms with Crippen LogP contribution in [0.5, 0.6) is 0 Å². The van der Waals surface area contributed by atoms with Crippen LogP contribution in [-0.4, -0.2) is 36.0 Å². The molecule has 4 nitrogen and oxygen atoms in total. The van der Waals surface area contributed by atoms with Crippen LogP contribution in [0, 0.1) is 0 Å². The van der Waals surface area contributed by atoms with Crippen molar-refractivity contribution in [3.63, 3.8) is 0 Å². The van der Waals surface area contributed by atoms with Crippen LogP contribution in [0.25, 0.3) is 0 Å². The zero-order valence-electron chi connectivity index (χ0n) is 11.9. The molecule has 7 heteroatoms. The average Bonchev–Trinajstić information content (AvgIpc) is 2.15. The Morgan fingerprint density at radius 2 is 1.75 bits per heavy atom. The maximum absolute atomic E-state index is 10.9. The fourth-order valence-electron chi connectivity index (χ4n) is 0.683. The van der Waals surface area contributed by atoms with Crippen molar-refractivity contribution in [2.45, 2.75) is 51.5 Å². The highest BCUT2D eigenvalue weighted by molar-refractivity contribution is 8.48. The fraction of sp³-hybridized carbons (Fsp3) is 0.692. The molecule has 120 valence electrons. The second-order valence-electron chi connectivity index (χ2n) is 4.71. The summed E-state index contributed by atoms with van der Waals surface area (Å²) in [7, 11) is 0. The second kappa shape index (κ2) is 11.6. The van der Waals surface area contributed by atoms with Crippen LogP contribution in [0.4, 0.5) is 0 Å². The van der Waals surface area contributed by atoms with Gasteiger partial charge in [0.1, 0.15) is 8.28 Å². The first-order valence-electron chi connectivity index (χ1n) is 5.51. The standard InChI is InChI=1S/C9H16O4S3.C3H6.CH4/c1-8(2,5-13-12)15-7(14)16-9(3,4)6(10)11;1-3-2;/h12H,5H2,1-4H3,(H,10,11);3H,1H2,2H3;1H4. The highest BCUT2D eigenvalue weighted by Gasteiger charge is 2.32. The highest BCUT2D eigenvalue weighted by Crippen LogP contribution is 2.36. The summed E-state index contributed by atoms with van der Waals surface area (Å²) in [5, 5.41) is 17.3. The Labute approximate surface area is 136 Å². The van der Waals surface area contributed by atoms with Gasteiger partial charge >= 0.3 is 5.97 Å². The Morgan fingerprint density at radius 3 is 2.05 bits per heavy atom. The number of hydrogen-bond donors (Lipinski definition) is 2. The number of aliphatic carboxylic acids is 1. The molecule has 0 aliphatic carbocycles. The molecule has 0 aromatic carbocycles. The van der Waals surface area contributed by atoms with Gasteiger partial charge in [-0.3, -0.25) is 10.1 Å². The third kappa shape index (κ3) is 12.9. The van der Waals surface area contributed by atoms with Crippen LogP contribution in [0.15, 0.2) is 12.7 Å². The summed E-state index contributed by atoms with van der Waals surface area (Å²) in [4.78, 5) is 15.0. The van der Waals surface area contributed by atoms with Crippen molar-refractivity contribution in [3.05, 3.63) is 12.7 Å². The van der Waals surface area contributed by atoms with Gasteiger partial charge in [0.2, 0.25) is 0 Å².